The molecule has 2 aliphatic rings. The molecule has 1 atom stereocenters. The Kier molecular flexibility index (Phi) is 6.27. The van der Waals surface area contributed by atoms with Gasteiger partial charge in [-0.1, -0.05) is 0 Å². The lowest BCUT2D eigenvalue weighted by Gasteiger charge is -2.33. The molecule has 1 amide bonds. The lowest BCUT2D eigenvalue weighted by Crippen LogP contribution is -2.38. The normalized spacial score (nSPS) is 19.2. The van der Waals surface area contributed by atoms with Crippen molar-refractivity contribution in [1.29, 1.82) is 0 Å². The Balaban J connectivity index is 1.34. The molecule has 1 fully saturated rings. The summed E-state index contributed by atoms with van der Waals surface area (Å²) >= 11 is 0. The molecule has 1 unspecified atom stereocenters. The van der Waals surface area contributed by atoms with E-state index in [4.69, 9.17) is 5.73 Å². The van der Waals surface area contributed by atoms with Crippen LogP contribution in [0.5, 0.6) is 5.75 Å². The van der Waals surface area contributed by atoms with Gasteiger partial charge in [0.1, 0.15) is 17.2 Å². The summed E-state index contributed by atoms with van der Waals surface area (Å²) in [5.74, 6) is -1.41. The van der Waals surface area contributed by atoms with Crippen LogP contribution in [0.4, 0.5) is 23.2 Å². The molecule has 1 saturated heterocycles. The smallest absolute Gasteiger partial charge is 0.406 e. The Labute approximate surface area is 204 Å². The number of anilines is 1. The highest BCUT2D eigenvalue weighted by Crippen LogP contribution is 2.39. The second-order valence-electron chi connectivity index (χ2n) is 9.42. The zero-order valence-corrected chi connectivity index (χ0v) is 19.4. The number of nitrogens with zero attached hydrogens (tertiary/aromatic N) is 2. The molecule has 1 aliphatic carbocycles. The molecular formula is C25H26F4N4O3. The number of rotatable bonds is 3. The summed E-state index contributed by atoms with van der Waals surface area (Å²) in [6.07, 6.45) is -0.424. The SMILES string of the molecule is Nc1cc(OC(F)(F)F)ccc1C(=O)N1CCC(c2c(F)cnc3[nH]c4c(c23)CCC(O)CC4)CC1. The number of halogens is 4. The Hall–Kier alpha value is -3.34. The number of pyridine rings is 1. The van der Waals surface area contributed by atoms with Crippen molar-refractivity contribution in [2.24, 2.45) is 0 Å². The third-order valence-electron chi connectivity index (χ3n) is 7.14. The first kappa shape index (κ1) is 24.4. The molecule has 1 aliphatic heterocycles. The van der Waals surface area contributed by atoms with Crippen LogP contribution in [0.15, 0.2) is 24.4 Å². The topological polar surface area (TPSA) is 104 Å². The summed E-state index contributed by atoms with van der Waals surface area (Å²) in [5.41, 5.74) is 9.06. The molecule has 0 saturated carbocycles. The van der Waals surface area contributed by atoms with Crippen LogP contribution in [-0.4, -0.2) is 51.4 Å². The molecule has 36 heavy (non-hydrogen) atoms. The number of aromatic amines is 1. The second-order valence-corrected chi connectivity index (χ2v) is 9.42. The molecule has 1 aromatic carbocycles. The van der Waals surface area contributed by atoms with Gasteiger partial charge in [-0.2, -0.15) is 0 Å². The molecule has 11 heteroatoms. The van der Waals surface area contributed by atoms with E-state index in [9.17, 15) is 23.1 Å². The number of aryl methyl sites for hydroxylation is 2. The average molecular weight is 507 g/mol. The standard InChI is InChI=1S/C25H26F4N4O3/c26-18-12-31-23-22(17-4-1-14(34)2-6-20(17)32-23)21(18)13-7-9-33(10-8-13)24(35)16-5-3-15(11-19(16)30)36-25(27,28)29/h3,5,11-14,34H,1-2,4,6-10,30H2,(H,31,32). The van der Waals surface area contributed by atoms with E-state index in [1.807, 2.05) is 0 Å². The van der Waals surface area contributed by atoms with Crippen LogP contribution in [0.2, 0.25) is 0 Å². The number of carbonyl (C=O) groups excluding carboxylic acids is 1. The minimum atomic E-state index is -4.86. The zero-order valence-electron chi connectivity index (χ0n) is 19.4. The van der Waals surface area contributed by atoms with E-state index in [2.05, 4.69) is 14.7 Å². The molecule has 7 nitrogen and oxygen atoms in total. The number of hydrogen-bond donors (Lipinski definition) is 3. The first-order chi connectivity index (χ1) is 17.1. The van der Waals surface area contributed by atoms with Crippen LogP contribution in [0, 0.1) is 5.82 Å². The summed E-state index contributed by atoms with van der Waals surface area (Å²) in [7, 11) is 0. The van der Waals surface area contributed by atoms with Gasteiger partial charge in [0.05, 0.1) is 17.9 Å². The summed E-state index contributed by atoms with van der Waals surface area (Å²) in [6.45, 7) is 0.691. The van der Waals surface area contributed by atoms with E-state index in [-0.39, 0.29) is 29.1 Å². The van der Waals surface area contributed by atoms with Crippen LogP contribution >= 0.6 is 0 Å². The van der Waals surface area contributed by atoms with Crippen molar-refractivity contribution >= 4 is 22.6 Å². The van der Waals surface area contributed by atoms with Crippen LogP contribution in [0.3, 0.4) is 0 Å². The predicted molar refractivity (Wildman–Crippen MR) is 124 cm³/mol. The van der Waals surface area contributed by atoms with E-state index in [1.54, 1.807) is 4.90 Å². The van der Waals surface area contributed by atoms with Crippen molar-refractivity contribution < 1.29 is 32.2 Å². The first-order valence-corrected chi connectivity index (χ1v) is 11.9. The molecule has 2 aromatic heterocycles. The maximum Gasteiger partial charge on any atom is 0.573 e. The fraction of sp³-hybridized carbons (Fsp3) is 0.440. The van der Waals surface area contributed by atoms with Gasteiger partial charge in [-0.25, -0.2) is 9.37 Å². The number of aliphatic hydroxyl groups is 1. The van der Waals surface area contributed by atoms with E-state index in [0.717, 1.165) is 28.8 Å². The van der Waals surface area contributed by atoms with Crippen LogP contribution in [0.1, 0.15) is 58.8 Å². The number of ether oxygens (including phenoxy) is 1. The maximum atomic E-state index is 15.1. The third-order valence-corrected chi connectivity index (χ3v) is 7.14. The van der Waals surface area contributed by atoms with Crippen molar-refractivity contribution in [3.05, 3.63) is 52.6 Å². The van der Waals surface area contributed by atoms with Gasteiger partial charge in [0.15, 0.2) is 0 Å². The van der Waals surface area contributed by atoms with Crippen LogP contribution in [-0.2, 0) is 12.8 Å². The number of nitrogens with one attached hydrogen (secondary N) is 1. The fourth-order valence-corrected chi connectivity index (χ4v) is 5.40. The molecule has 192 valence electrons. The minimum Gasteiger partial charge on any atom is -0.406 e. The van der Waals surface area contributed by atoms with Crippen molar-refractivity contribution in [2.75, 3.05) is 18.8 Å². The molecule has 3 heterocycles. The highest BCUT2D eigenvalue weighted by Gasteiger charge is 2.33. The van der Waals surface area contributed by atoms with Crippen LogP contribution < -0.4 is 10.5 Å². The van der Waals surface area contributed by atoms with Gasteiger partial charge in [-0.15, -0.1) is 13.2 Å². The van der Waals surface area contributed by atoms with Crippen LogP contribution in [0.25, 0.3) is 11.0 Å². The van der Waals surface area contributed by atoms with Crippen molar-refractivity contribution in [2.45, 2.75) is 56.9 Å². The number of likely N-dealkylation sites (tertiary alicyclic amines) is 1. The number of piperidine rings is 1. The van der Waals surface area contributed by atoms with E-state index in [0.29, 0.717) is 62.8 Å². The Bertz CT molecular complexity index is 1300. The van der Waals surface area contributed by atoms with Gasteiger partial charge in [0.25, 0.3) is 5.91 Å². The summed E-state index contributed by atoms with van der Waals surface area (Å²) < 4.78 is 56.4. The first-order valence-electron chi connectivity index (χ1n) is 11.9. The monoisotopic (exact) mass is 506 g/mol. The molecular weight excluding hydrogens is 480 g/mol. The largest absolute Gasteiger partial charge is 0.573 e. The second kappa shape index (κ2) is 9.27. The van der Waals surface area contributed by atoms with E-state index in [1.165, 1.54) is 12.3 Å². The Morgan fingerprint density at radius 2 is 1.89 bits per heavy atom. The zero-order chi connectivity index (χ0) is 25.6. The highest BCUT2D eigenvalue weighted by molar-refractivity contribution is 5.99. The summed E-state index contributed by atoms with van der Waals surface area (Å²) in [4.78, 5) is 22.2. The lowest BCUT2D eigenvalue weighted by atomic mass is 9.86. The number of alkyl halides is 3. The molecule has 0 radical (unpaired) electrons. The minimum absolute atomic E-state index is 0.0926. The summed E-state index contributed by atoms with van der Waals surface area (Å²) in [5, 5.41) is 10.9. The van der Waals surface area contributed by atoms with E-state index < -0.39 is 18.0 Å². The molecule has 4 N–H and O–H groups in total. The molecule has 3 aromatic rings. The fourth-order valence-electron chi connectivity index (χ4n) is 5.40. The number of aromatic nitrogens is 2. The third kappa shape index (κ3) is 4.71. The number of benzene rings is 1. The Morgan fingerprint density at radius 1 is 1.17 bits per heavy atom. The van der Waals surface area contributed by atoms with Crippen molar-refractivity contribution in [3.63, 3.8) is 0 Å². The number of hydrogen-bond acceptors (Lipinski definition) is 5. The quantitative estimate of drug-likeness (QED) is 0.277. The van der Waals surface area contributed by atoms with Gasteiger partial charge in [-0.05, 0) is 62.1 Å². The molecule has 0 spiro atoms. The van der Waals surface area contributed by atoms with Gasteiger partial charge in [0, 0.05) is 41.5 Å². The number of H-pyrrole nitrogens is 1. The average Bonchev–Trinajstić information content (AvgIpc) is 3.07. The summed E-state index contributed by atoms with van der Waals surface area (Å²) in [6, 6.07) is 3.26. The highest BCUT2D eigenvalue weighted by atomic mass is 19.4. The maximum absolute atomic E-state index is 15.1. The molecule has 5 rings (SSSR count). The van der Waals surface area contributed by atoms with Crippen molar-refractivity contribution in [3.8, 4) is 5.75 Å². The number of amides is 1. The number of nitrogen functional groups attached to an aromatic ring is 1. The Morgan fingerprint density at radius 3 is 2.58 bits per heavy atom. The number of aliphatic hydroxyl groups excluding tert-OH is 1. The van der Waals surface area contributed by atoms with Gasteiger partial charge in [0.2, 0.25) is 0 Å². The van der Waals surface area contributed by atoms with Gasteiger partial charge < -0.3 is 25.5 Å². The van der Waals surface area contributed by atoms with Gasteiger partial charge in [-0.3, -0.25) is 4.79 Å². The van der Waals surface area contributed by atoms with Crippen molar-refractivity contribution in [1.82, 2.24) is 14.9 Å². The van der Waals surface area contributed by atoms with E-state index >= 15 is 4.39 Å². The number of fused-ring (bicyclic) bond motifs is 3. The van der Waals surface area contributed by atoms with Gasteiger partial charge >= 0.3 is 6.36 Å². The number of carbonyl (C=O) groups is 1. The molecule has 0 bridgehead atoms. The predicted octanol–water partition coefficient (Wildman–Crippen LogP) is 4.44. The lowest BCUT2D eigenvalue weighted by molar-refractivity contribution is -0.274. The number of nitrogens with two attached hydrogens (primary N) is 1.